The first kappa shape index (κ1) is 26.2. The smallest absolute Gasteiger partial charge is 0.0475 e. The molecule has 2 aromatic heterocycles. The van der Waals surface area contributed by atoms with Crippen LogP contribution in [0.1, 0.15) is 0 Å². The van der Waals surface area contributed by atoms with Crippen LogP contribution in [0.5, 0.6) is 0 Å². The molecule has 0 bridgehead atoms. The van der Waals surface area contributed by atoms with Crippen LogP contribution in [0.15, 0.2) is 164 Å². The summed E-state index contributed by atoms with van der Waals surface area (Å²) in [5, 5.41) is 5.24. The predicted octanol–water partition coefficient (Wildman–Crippen LogP) is 13.2. The van der Waals surface area contributed by atoms with Crippen LogP contribution in [0.4, 0.5) is 17.1 Å². The summed E-state index contributed by atoms with van der Waals surface area (Å²) in [4.78, 5) is 2.39. The van der Waals surface area contributed by atoms with E-state index in [9.17, 15) is 0 Å². The van der Waals surface area contributed by atoms with Crippen LogP contribution in [0.3, 0.4) is 0 Å². The molecule has 0 N–H and O–H groups in total. The highest BCUT2D eigenvalue weighted by atomic mass is 32.1. The van der Waals surface area contributed by atoms with E-state index in [-0.39, 0.29) is 0 Å². The van der Waals surface area contributed by atoms with E-state index in [0.717, 1.165) is 17.1 Å². The van der Waals surface area contributed by atoms with Crippen molar-refractivity contribution in [2.24, 2.45) is 0 Å². The zero-order valence-electron chi connectivity index (χ0n) is 24.4. The average Bonchev–Trinajstić information content (AvgIpc) is 3.67. The Hall–Kier alpha value is -5.22. The fraction of sp³-hybridized carbons (Fsp3) is 0. The minimum Gasteiger partial charge on any atom is -0.310 e. The third-order valence-corrected chi connectivity index (χ3v) is 11.0. The molecule has 45 heavy (non-hydrogen) atoms. The molecule has 0 unspecified atom stereocenters. The van der Waals surface area contributed by atoms with Crippen molar-refractivity contribution in [2.75, 3.05) is 4.90 Å². The van der Waals surface area contributed by atoms with Crippen LogP contribution >= 0.6 is 22.7 Å². The van der Waals surface area contributed by atoms with E-state index in [2.05, 4.69) is 169 Å². The van der Waals surface area contributed by atoms with Gasteiger partial charge >= 0.3 is 0 Å². The number of para-hydroxylation sites is 1. The second-order valence-electron chi connectivity index (χ2n) is 11.4. The molecule has 0 saturated heterocycles. The third-order valence-electron chi connectivity index (χ3n) is 8.66. The SMILES string of the molecule is c1ccc(-c2ccc(N(c3ccccc3)c3cc(-c4ccc5sc6ccccc6c5c4)c4sc5ccccc5c4c3)cc2)cc1. The van der Waals surface area contributed by atoms with Gasteiger partial charge in [0, 0.05) is 63.0 Å². The fourth-order valence-electron chi connectivity index (χ4n) is 6.51. The van der Waals surface area contributed by atoms with Gasteiger partial charge in [-0.3, -0.25) is 0 Å². The Morgan fingerprint density at radius 1 is 0.333 bits per heavy atom. The van der Waals surface area contributed by atoms with Gasteiger partial charge in [0.25, 0.3) is 0 Å². The Morgan fingerprint density at radius 3 is 1.64 bits per heavy atom. The quantitative estimate of drug-likeness (QED) is 0.188. The Morgan fingerprint density at radius 2 is 0.889 bits per heavy atom. The average molecular weight is 610 g/mol. The van der Waals surface area contributed by atoms with Crippen LogP contribution < -0.4 is 4.90 Å². The molecule has 7 aromatic carbocycles. The number of hydrogen-bond acceptors (Lipinski definition) is 3. The number of rotatable bonds is 5. The minimum absolute atomic E-state index is 1.13. The van der Waals surface area contributed by atoms with Gasteiger partial charge in [0.15, 0.2) is 0 Å². The first-order valence-corrected chi connectivity index (χ1v) is 16.8. The molecule has 0 saturated carbocycles. The molecular weight excluding hydrogens is 583 g/mol. The molecule has 0 aliphatic carbocycles. The van der Waals surface area contributed by atoms with Crippen molar-refractivity contribution < 1.29 is 0 Å². The maximum atomic E-state index is 2.40. The second kappa shape index (κ2) is 10.7. The molecule has 1 nitrogen and oxygen atoms in total. The summed E-state index contributed by atoms with van der Waals surface area (Å²) in [5.41, 5.74) is 8.36. The van der Waals surface area contributed by atoms with Gasteiger partial charge in [-0.1, -0.05) is 103 Å². The number of thiophene rings is 2. The lowest BCUT2D eigenvalue weighted by Crippen LogP contribution is -2.10. The van der Waals surface area contributed by atoms with Gasteiger partial charge < -0.3 is 4.90 Å². The van der Waals surface area contributed by atoms with E-state index in [0.29, 0.717) is 0 Å². The second-order valence-corrected chi connectivity index (χ2v) is 13.5. The van der Waals surface area contributed by atoms with Gasteiger partial charge in [-0.2, -0.15) is 0 Å². The van der Waals surface area contributed by atoms with Crippen molar-refractivity contribution in [3.8, 4) is 22.3 Å². The highest BCUT2D eigenvalue weighted by Gasteiger charge is 2.19. The number of hydrogen-bond donors (Lipinski definition) is 0. The van der Waals surface area contributed by atoms with Gasteiger partial charge in [0.1, 0.15) is 0 Å². The molecule has 0 aliphatic rings. The summed E-state index contributed by atoms with van der Waals surface area (Å²) in [6.07, 6.45) is 0. The van der Waals surface area contributed by atoms with Crippen LogP contribution in [-0.4, -0.2) is 0 Å². The molecule has 0 aliphatic heterocycles. The molecule has 9 aromatic rings. The lowest BCUT2D eigenvalue weighted by molar-refractivity contribution is 1.29. The highest BCUT2D eigenvalue weighted by Crippen LogP contribution is 2.46. The summed E-state index contributed by atoms with van der Waals surface area (Å²) in [5.74, 6) is 0. The molecule has 0 atom stereocenters. The molecule has 2 heterocycles. The zero-order valence-corrected chi connectivity index (χ0v) is 26.0. The topological polar surface area (TPSA) is 3.24 Å². The minimum atomic E-state index is 1.13. The van der Waals surface area contributed by atoms with Crippen LogP contribution in [0, 0.1) is 0 Å². The van der Waals surface area contributed by atoms with Gasteiger partial charge in [-0.25, -0.2) is 0 Å². The third kappa shape index (κ3) is 4.52. The van der Waals surface area contributed by atoms with Crippen molar-refractivity contribution >= 4 is 80.1 Å². The predicted molar refractivity (Wildman–Crippen MR) is 198 cm³/mol. The summed E-state index contributed by atoms with van der Waals surface area (Å²) in [6, 6.07) is 59.6. The van der Waals surface area contributed by atoms with Crippen LogP contribution in [0.25, 0.3) is 62.6 Å². The lowest BCUT2D eigenvalue weighted by Gasteiger charge is -2.26. The maximum Gasteiger partial charge on any atom is 0.0475 e. The van der Waals surface area contributed by atoms with E-state index >= 15 is 0 Å². The first-order chi connectivity index (χ1) is 22.3. The van der Waals surface area contributed by atoms with Gasteiger partial charge in [0.05, 0.1) is 0 Å². The van der Waals surface area contributed by atoms with E-state index in [1.165, 1.54) is 62.6 Å². The Labute approximate surface area is 269 Å². The molecular formula is C42H27NS2. The molecule has 9 rings (SSSR count). The van der Waals surface area contributed by atoms with Gasteiger partial charge in [-0.15, -0.1) is 22.7 Å². The van der Waals surface area contributed by atoms with E-state index in [1.807, 2.05) is 22.7 Å². The Bertz CT molecular complexity index is 2470. The Kier molecular flexibility index (Phi) is 6.26. The van der Waals surface area contributed by atoms with Crippen molar-refractivity contribution in [3.05, 3.63) is 164 Å². The van der Waals surface area contributed by atoms with Crippen LogP contribution in [-0.2, 0) is 0 Å². The van der Waals surface area contributed by atoms with Crippen molar-refractivity contribution in [2.45, 2.75) is 0 Å². The summed E-state index contributed by atoms with van der Waals surface area (Å²) in [6.45, 7) is 0. The van der Waals surface area contributed by atoms with Crippen molar-refractivity contribution in [3.63, 3.8) is 0 Å². The fourth-order valence-corrected chi connectivity index (χ4v) is 8.81. The lowest BCUT2D eigenvalue weighted by atomic mass is 9.99. The maximum absolute atomic E-state index is 2.40. The molecule has 0 fully saturated rings. The van der Waals surface area contributed by atoms with Crippen LogP contribution in [0.2, 0.25) is 0 Å². The van der Waals surface area contributed by atoms with Crippen molar-refractivity contribution in [1.29, 1.82) is 0 Å². The van der Waals surface area contributed by atoms with E-state index < -0.39 is 0 Å². The zero-order chi connectivity index (χ0) is 29.7. The van der Waals surface area contributed by atoms with Gasteiger partial charge in [-0.05, 0) is 77.4 Å². The number of fused-ring (bicyclic) bond motifs is 6. The summed E-state index contributed by atoms with van der Waals surface area (Å²) < 4.78 is 5.30. The van der Waals surface area contributed by atoms with E-state index in [4.69, 9.17) is 0 Å². The molecule has 3 heteroatoms. The number of nitrogens with zero attached hydrogens (tertiary/aromatic N) is 1. The normalized spacial score (nSPS) is 11.6. The number of benzene rings is 7. The summed E-state index contributed by atoms with van der Waals surface area (Å²) in [7, 11) is 0. The van der Waals surface area contributed by atoms with E-state index in [1.54, 1.807) is 0 Å². The standard InChI is InChI=1S/C42H27NS2/c1-3-11-28(12-4-1)29-19-22-32(23-20-29)43(31-13-5-2-6-14-31)33-26-36(42-38(27-33)35-16-8-10-18-40(35)45-42)30-21-24-41-37(25-30)34-15-7-9-17-39(34)44-41/h1-27H. The first-order valence-electron chi connectivity index (χ1n) is 15.2. The summed E-state index contributed by atoms with van der Waals surface area (Å²) >= 11 is 3.76. The molecule has 0 radical (unpaired) electrons. The molecule has 0 amide bonds. The Balaban J connectivity index is 1.29. The monoisotopic (exact) mass is 609 g/mol. The highest BCUT2D eigenvalue weighted by molar-refractivity contribution is 7.26. The van der Waals surface area contributed by atoms with Crippen molar-refractivity contribution in [1.82, 2.24) is 0 Å². The number of anilines is 3. The van der Waals surface area contributed by atoms with Gasteiger partial charge in [0.2, 0.25) is 0 Å². The molecule has 0 spiro atoms. The largest absolute Gasteiger partial charge is 0.310 e. The molecule has 212 valence electrons.